The number of ether oxygens (including phenoxy) is 1. The van der Waals surface area contributed by atoms with E-state index in [-0.39, 0.29) is 12.5 Å². The number of carboxylic acid groups (broad SMARTS) is 1. The van der Waals surface area contributed by atoms with Gasteiger partial charge in [0.2, 0.25) is 5.91 Å². The normalized spacial score (nSPS) is 10.2. The van der Waals surface area contributed by atoms with Crippen LogP contribution in [0, 0.1) is 0 Å². The fourth-order valence-electron chi connectivity index (χ4n) is 1.31. The minimum absolute atomic E-state index is 0.195. The van der Waals surface area contributed by atoms with Gasteiger partial charge in [0.05, 0.1) is 0 Å². The van der Waals surface area contributed by atoms with E-state index in [4.69, 9.17) is 10.8 Å². The lowest BCUT2D eigenvalue weighted by Crippen LogP contribution is -2.29. The predicted molar refractivity (Wildman–Crippen MR) is 63.6 cm³/mol. The van der Waals surface area contributed by atoms with E-state index >= 15 is 0 Å². The van der Waals surface area contributed by atoms with Crippen LogP contribution >= 0.6 is 0 Å². The maximum absolute atomic E-state index is 11.1. The van der Waals surface area contributed by atoms with Crippen LogP contribution in [0.4, 0.5) is 0 Å². The average Bonchev–Trinajstić information content (AvgIpc) is 2.27. The lowest BCUT2D eigenvalue weighted by Gasteiger charge is -2.05. The molecule has 0 spiro atoms. The highest BCUT2D eigenvalue weighted by Gasteiger charge is 2.02. The first-order valence-electron chi connectivity index (χ1n) is 5.93. The summed E-state index contributed by atoms with van der Waals surface area (Å²) in [6.07, 6.45) is 5.30. The van der Waals surface area contributed by atoms with Gasteiger partial charge in [0.15, 0.2) is 0 Å². The molecule has 0 aliphatic heterocycles. The first kappa shape index (κ1) is 15.9. The molecule has 0 unspecified atom stereocenters. The largest absolute Gasteiger partial charge is 0.480 e. The van der Waals surface area contributed by atoms with Crippen molar-refractivity contribution in [1.29, 1.82) is 0 Å². The van der Waals surface area contributed by atoms with E-state index in [1.54, 1.807) is 0 Å². The number of amides is 1. The third-order valence-corrected chi connectivity index (χ3v) is 2.16. The van der Waals surface area contributed by atoms with Gasteiger partial charge in [-0.2, -0.15) is 0 Å². The maximum atomic E-state index is 11.1. The Bertz CT molecular complexity index is 222. The summed E-state index contributed by atoms with van der Waals surface area (Å²) in [6, 6.07) is 0. The summed E-state index contributed by atoms with van der Waals surface area (Å²) in [5, 5.41) is 10.9. The van der Waals surface area contributed by atoms with Crippen LogP contribution in [0.5, 0.6) is 0 Å². The van der Waals surface area contributed by atoms with Crippen molar-refractivity contribution in [1.82, 2.24) is 5.32 Å². The average molecular weight is 246 g/mol. The van der Waals surface area contributed by atoms with Crippen LogP contribution < -0.4 is 11.1 Å². The monoisotopic (exact) mass is 246 g/mol. The minimum atomic E-state index is -1.07. The Morgan fingerprint density at radius 3 is 2.35 bits per heavy atom. The third kappa shape index (κ3) is 12.8. The molecular weight excluding hydrogens is 224 g/mol. The molecule has 6 nitrogen and oxygen atoms in total. The molecule has 6 heteroatoms. The highest BCUT2D eigenvalue weighted by Crippen LogP contribution is 2.00. The Morgan fingerprint density at radius 1 is 1.06 bits per heavy atom. The Kier molecular flexibility index (Phi) is 10.6. The van der Waals surface area contributed by atoms with E-state index < -0.39 is 12.6 Å². The second-order valence-electron chi connectivity index (χ2n) is 3.79. The number of aliphatic carboxylic acids is 1. The molecule has 0 saturated heterocycles. The topological polar surface area (TPSA) is 102 Å². The van der Waals surface area contributed by atoms with Crippen LogP contribution in [-0.4, -0.2) is 43.3 Å². The molecule has 0 atom stereocenters. The van der Waals surface area contributed by atoms with Crippen molar-refractivity contribution in [2.24, 2.45) is 5.73 Å². The predicted octanol–water partition coefficient (Wildman–Crippen LogP) is 0.113. The number of hydrogen-bond donors (Lipinski definition) is 3. The number of carbonyl (C=O) groups excluding carboxylic acids is 1. The zero-order valence-corrected chi connectivity index (χ0v) is 10.1. The molecule has 0 rings (SSSR count). The molecule has 0 fully saturated rings. The second kappa shape index (κ2) is 11.3. The van der Waals surface area contributed by atoms with Crippen LogP contribution in [0.1, 0.15) is 32.1 Å². The van der Waals surface area contributed by atoms with Crippen molar-refractivity contribution in [3.05, 3.63) is 0 Å². The van der Waals surface area contributed by atoms with Crippen LogP contribution in [-0.2, 0) is 14.3 Å². The molecule has 0 aromatic heterocycles. The maximum Gasteiger partial charge on any atom is 0.329 e. The molecular formula is C11H22N2O4. The summed E-state index contributed by atoms with van der Waals surface area (Å²) in [5.74, 6) is -1.34. The van der Waals surface area contributed by atoms with E-state index in [1.807, 2.05) is 0 Å². The molecule has 0 aromatic carbocycles. The molecule has 17 heavy (non-hydrogen) atoms. The second-order valence-corrected chi connectivity index (χ2v) is 3.79. The first-order valence-corrected chi connectivity index (χ1v) is 5.93. The van der Waals surface area contributed by atoms with Gasteiger partial charge in [0.25, 0.3) is 0 Å². The van der Waals surface area contributed by atoms with Crippen LogP contribution in [0.3, 0.4) is 0 Å². The van der Waals surface area contributed by atoms with Crippen LogP contribution in [0.2, 0.25) is 0 Å². The molecule has 0 aliphatic rings. The molecule has 0 radical (unpaired) electrons. The number of nitrogens with one attached hydrogen (secondary N) is 1. The van der Waals surface area contributed by atoms with E-state index in [9.17, 15) is 9.59 Å². The Hall–Kier alpha value is -1.14. The smallest absolute Gasteiger partial charge is 0.329 e. The van der Waals surface area contributed by atoms with Gasteiger partial charge >= 0.3 is 5.97 Å². The van der Waals surface area contributed by atoms with Gasteiger partial charge in [-0.3, -0.25) is 4.79 Å². The SMILES string of the molecule is NCCCCCCCNC(=O)COCC(=O)O. The Morgan fingerprint density at radius 2 is 1.71 bits per heavy atom. The summed E-state index contributed by atoms with van der Waals surface area (Å²) in [7, 11) is 0. The fraction of sp³-hybridized carbons (Fsp3) is 0.818. The lowest BCUT2D eigenvalue weighted by atomic mass is 10.1. The van der Waals surface area contributed by atoms with Gasteiger partial charge in [0, 0.05) is 6.54 Å². The molecule has 0 saturated carbocycles. The Labute approximate surface area is 102 Å². The van der Waals surface area contributed by atoms with E-state index in [1.165, 1.54) is 0 Å². The van der Waals surface area contributed by atoms with Crippen LogP contribution in [0.15, 0.2) is 0 Å². The van der Waals surface area contributed by atoms with E-state index in [0.717, 1.165) is 38.6 Å². The number of carbonyl (C=O) groups is 2. The molecule has 0 bridgehead atoms. The van der Waals surface area contributed by atoms with Gasteiger partial charge in [-0.1, -0.05) is 19.3 Å². The number of nitrogens with two attached hydrogens (primary N) is 1. The first-order chi connectivity index (χ1) is 8.16. The summed E-state index contributed by atoms with van der Waals surface area (Å²) >= 11 is 0. The lowest BCUT2D eigenvalue weighted by molar-refractivity contribution is -0.143. The van der Waals surface area contributed by atoms with Crippen molar-refractivity contribution < 1.29 is 19.4 Å². The minimum Gasteiger partial charge on any atom is -0.480 e. The summed E-state index contributed by atoms with van der Waals surface area (Å²) in [4.78, 5) is 21.2. The highest BCUT2D eigenvalue weighted by atomic mass is 16.5. The highest BCUT2D eigenvalue weighted by molar-refractivity contribution is 5.77. The number of unbranched alkanes of at least 4 members (excludes halogenated alkanes) is 4. The molecule has 1 amide bonds. The zero-order chi connectivity index (χ0) is 12.9. The summed E-state index contributed by atoms with van der Waals surface area (Å²) in [5.41, 5.74) is 5.36. The van der Waals surface area contributed by atoms with Crippen molar-refractivity contribution in [3.63, 3.8) is 0 Å². The van der Waals surface area contributed by atoms with Crippen LogP contribution in [0.25, 0.3) is 0 Å². The molecule has 0 aliphatic carbocycles. The van der Waals surface area contributed by atoms with Crippen molar-refractivity contribution in [2.45, 2.75) is 32.1 Å². The molecule has 0 aromatic rings. The summed E-state index contributed by atoms with van der Waals surface area (Å²) < 4.78 is 4.64. The van der Waals surface area contributed by atoms with Crippen molar-refractivity contribution in [2.75, 3.05) is 26.3 Å². The molecule has 0 heterocycles. The van der Waals surface area contributed by atoms with Gasteiger partial charge in [-0.15, -0.1) is 0 Å². The molecule has 100 valence electrons. The van der Waals surface area contributed by atoms with Gasteiger partial charge in [0.1, 0.15) is 13.2 Å². The number of hydrogen-bond acceptors (Lipinski definition) is 4. The fourth-order valence-corrected chi connectivity index (χ4v) is 1.31. The standard InChI is InChI=1S/C11H22N2O4/c12-6-4-2-1-3-5-7-13-10(14)8-17-9-11(15)16/h1-9,12H2,(H,13,14)(H,15,16). The molecule has 4 N–H and O–H groups in total. The zero-order valence-electron chi connectivity index (χ0n) is 10.1. The van der Waals surface area contributed by atoms with E-state index in [0.29, 0.717) is 6.54 Å². The quantitative estimate of drug-likeness (QED) is 0.449. The van der Waals surface area contributed by atoms with Gasteiger partial charge in [-0.05, 0) is 19.4 Å². The van der Waals surface area contributed by atoms with Gasteiger partial charge < -0.3 is 20.9 Å². The number of carboxylic acids is 1. The third-order valence-electron chi connectivity index (χ3n) is 2.16. The Balaban J connectivity index is 3.19. The van der Waals surface area contributed by atoms with E-state index in [2.05, 4.69) is 10.1 Å². The number of rotatable bonds is 11. The van der Waals surface area contributed by atoms with Crippen molar-refractivity contribution >= 4 is 11.9 Å². The van der Waals surface area contributed by atoms with Gasteiger partial charge in [-0.25, -0.2) is 4.79 Å². The summed E-state index contributed by atoms with van der Waals surface area (Å²) in [6.45, 7) is 0.710. The van der Waals surface area contributed by atoms with Crippen molar-refractivity contribution in [3.8, 4) is 0 Å².